The summed E-state index contributed by atoms with van der Waals surface area (Å²) in [5.74, 6) is 0.715. The Morgan fingerprint density at radius 3 is 2.09 bits per heavy atom. The number of hydrogen-bond acceptors (Lipinski definition) is 3. The average Bonchev–Trinajstić information content (AvgIpc) is 2.55. The molecule has 0 fully saturated rings. The minimum Gasteiger partial charge on any atom is -0.515 e. The summed E-state index contributed by atoms with van der Waals surface area (Å²) in [6.45, 7) is 9.84. The average molecular weight is 392 g/mol. The summed E-state index contributed by atoms with van der Waals surface area (Å²) in [7, 11) is 0. The van der Waals surface area contributed by atoms with Gasteiger partial charge < -0.3 is 11.0 Å². The molecule has 0 amide bonds. The van der Waals surface area contributed by atoms with E-state index in [4.69, 9.17) is 0 Å². The molecule has 1 radical (unpaired) electrons. The first-order chi connectivity index (χ1) is 10.6. The van der Waals surface area contributed by atoms with Crippen LogP contribution in [-0.2, 0) is 37.5 Å². The number of aliphatic hydroxyl groups is 1. The van der Waals surface area contributed by atoms with Gasteiger partial charge >= 0.3 is 0 Å². The van der Waals surface area contributed by atoms with Crippen molar-refractivity contribution in [1.82, 2.24) is 0 Å². The van der Waals surface area contributed by atoms with E-state index in [1.165, 1.54) is 0 Å². The quantitative estimate of drug-likeness (QED) is 0.577. The summed E-state index contributed by atoms with van der Waals surface area (Å²) in [5, 5.41) is 9.79. The third kappa shape index (κ3) is 8.03. The van der Waals surface area contributed by atoms with Crippen LogP contribution in [0.4, 0.5) is 0 Å². The molecule has 0 saturated heterocycles. The van der Waals surface area contributed by atoms with Gasteiger partial charge in [0.1, 0.15) is 5.78 Å². The second-order valence-corrected chi connectivity index (χ2v) is 4.63. The van der Waals surface area contributed by atoms with Gasteiger partial charge in [0.15, 0.2) is 5.78 Å². The molecule has 1 aromatic carbocycles. The van der Waals surface area contributed by atoms with E-state index in [0.29, 0.717) is 18.4 Å². The van der Waals surface area contributed by atoms with Crippen molar-refractivity contribution in [3.8, 4) is 0 Å². The number of Topliss-reactive ketones (excluding diaryl/α,β-unsaturated/α-hetero) is 2. The zero-order valence-electron chi connectivity index (χ0n) is 14.8. The van der Waals surface area contributed by atoms with Gasteiger partial charge in [-0.1, -0.05) is 58.0 Å². The van der Waals surface area contributed by atoms with Crippen LogP contribution in [0.2, 0.25) is 0 Å². The van der Waals surface area contributed by atoms with Crippen LogP contribution >= 0.6 is 0 Å². The second kappa shape index (κ2) is 13.6. The van der Waals surface area contributed by atoms with Crippen molar-refractivity contribution < 1.29 is 47.4 Å². The van der Waals surface area contributed by atoms with E-state index in [0.717, 1.165) is 5.92 Å². The van der Waals surface area contributed by atoms with E-state index >= 15 is 0 Å². The topological polar surface area (TPSA) is 54.4 Å². The first-order valence-corrected chi connectivity index (χ1v) is 7.91. The molecule has 1 aliphatic rings. The fourth-order valence-electron chi connectivity index (χ4n) is 2.08. The number of carbonyl (C=O) groups is 2. The molecular weight excluding hydrogens is 365 g/mol. The molecule has 4 heteroatoms. The van der Waals surface area contributed by atoms with Gasteiger partial charge in [0, 0.05) is 50.3 Å². The molecule has 0 atom stereocenters. The normalized spacial score (nSPS) is 13.9. The summed E-state index contributed by atoms with van der Waals surface area (Å²) in [4.78, 5) is 23.8. The number of carbonyl (C=O) groups excluding carboxylic acids is 2. The van der Waals surface area contributed by atoms with Crippen LogP contribution in [-0.4, -0.2) is 16.7 Å². The Morgan fingerprint density at radius 2 is 1.61 bits per heavy atom. The number of aliphatic hydroxyl groups excluding tert-OH is 1. The summed E-state index contributed by atoms with van der Waals surface area (Å²) >= 11 is 0. The van der Waals surface area contributed by atoms with Crippen molar-refractivity contribution in [3.05, 3.63) is 53.1 Å². The van der Waals surface area contributed by atoms with Crippen molar-refractivity contribution >= 4 is 11.6 Å². The molecule has 0 aromatic heterocycles. The van der Waals surface area contributed by atoms with E-state index in [-0.39, 0.29) is 62.0 Å². The molecule has 0 unspecified atom stereocenters. The zero-order chi connectivity index (χ0) is 17.1. The fraction of sp³-hybridized carbons (Fsp3) is 0.421. The maximum atomic E-state index is 12.0. The molecule has 0 spiro atoms. The van der Waals surface area contributed by atoms with Crippen LogP contribution in [0.3, 0.4) is 0 Å². The monoisotopic (exact) mass is 392 g/mol. The standard InChI is InChI=1S/C15H15O3.2C2H6.Y/c1-10-7-14(17)12(15(18)8-10)9-13(16)11-5-3-2-4-6-11;2*1-2;/h2-6,17H,7-9H2,1H3;2*1-2H3;/q-1;;;. The number of benzene rings is 1. The van der Waals surface area contributed by atoms with Crippen LogP contribution in [0.1, 0.15) is 64.2 Å². The smallest absolute Gasteiger partial charge is 0.167 e. The molecular formula is C19H27O3Y-. The van der Waals surface area contributed by atoms with Gasteiger partial charge in [-0.15, -0.1) is 12.8 Å². The summed E-state index contributed by atoms with van der Waals surface area (Å²) < 4.78 is 0. The van der Waals surface area contributed by atoms with Gasteiger partial charge in [-0.3, -0.25) is 9.59 Å². The Hall–Kier alpha value is -0.796. The van der Waals surface area contributed by atoms with Crippen LogP contribution in [0, 0.1) is 5.92 Å². The number of hydrogen-bond donors (Lipinski definition) is 1. The minimum absolute atomic E-state index is 0. The van der Waals surface area contributed by atoms with E-state index in [1.807, 2.05) is 40.7 Å². The van der Waals surface area contributed by atoms with E-state index in [2.05, 4.69) is 0 Å². The molecule has 125 valence electrons. The Bertz CT molecular complexity index is 507. The van der Waals surface area contributed by atoms with Gasteiger partial charge in [0.05, 0.1) is 5.76 Å². The maximum absolute atomic E-state index is 12.0. The predicted octanol–water partition coefficient (Wildman–Crippen LogP) is 5.08. The molecule has 23 heavy (non-hydrogen) atoms. The summed E-state index contributed by atoms with van der Waals surface area (Å²) in [6, 6.07) is 8.82. The van der Waals surface area contributed by atoms with Crippen LogP contribution in [0.25, 0.3) is 0 Å². The second-order valence-electron chi connectivity index (χ2n) is 4.63. The molecule has 1 N–H and O–H groups in total. The van der Waals surface area contributed by atoms with Crippen molar-refractivity contribution in [2.75, 3.05) is 0 Å². The van der Waals surface area contributed by atoms with Crippen LogP contribution in [0.5, 0.6) is 0 Å². The number of allylic oxidation sites excluding steroid dienone is 2. The third-order valence-electron chi connectivity index (χ3n) is 3.05. The molecule has 3 nitrogen and oxygen atoms in total. The van der Waals surface area contributed by atoms with Crippen molar-refractivity contribution in [2.24, 2.45) is 0 Å². The van der Waals surface area contributed by atoms with Crippen molar-refractivity contribution in [3.63, 3.8) is 0 Å². The Balaban J connectivity index is 0. The number of rotatable bonds is 3. The molecule has 1 aliphatic carbocycles. The van der Waals surface area contributed by atoms with E-state index in [9.17, 15) is 14.7 Å². The molecule has 0 bridgehead atoms. The van der Waals surface area contributed by atoms with Crippen LogP contribution < -0.4 is 0 Å². The minimum atomic E-state index is -0.138. The molecule has 0 heterocycles. The molecule has 0 saturated carbocycles. The van der Waals surface area contributed by atoms with Crippen molar-refractivity contribution in [2.45, 2.75) is 53.9 Å². The Morgan fingerprint density at radius 1 is 1.09 bits per heavy atom. The first-order valence-electron chi connectivity index (χ1n) is 7.91. The maximum Gasteiger partial charge on any atom is 0.167 e. The van der Waals surface area contributed by atoms with Crippen LogP contribution in [0.15, 0.2) is 41.7 Å². The Kier molecular flexibility index (Phi) is 14.5. The SMILES string of the molecule is CC.CC.C[C-]1CC(=O)C(CC(=O)c2ccccc2)=C(O)C1.[Y]. The Labute approximate surface area is 165 Å². The van der Waals surface area contributed by atoms with E-state index < -0.39 is 0 Å². The number of ketones is 2. The van der Waals surface area contributed by atoms with E-state index in [1.54, 1.807) is 24.3 Å². The fourth-order valence-corrected chi connectivity index (χ4v) is 2.08. The third-order valence-corrected chi connectivity index (χ3v) is 3.05. The van der Waals surface area contributed by atoms with Gasteiger partial charge in [0.2, 0.25) is 0 Å². The molecule has 1 aromatic rings. The van der Waals surface area contributed by atoms with Gasteiger partial charge in [-0.25, -0.2) is 0 Å². The molecule has 0 aliphatic heterocycles. The zero-order valence-corrected chi connectivity index (χ0v) is 17.7. The largest absolute Gasteiger partial charge is 0.515 e. The van der Waals surface area contributed by atoms with Gasteiger partial charge in [-0.05, 0) is 0 Å². The van der Waals surface area contributed by atoms with Gasteiger partial charge in [0.25, 0.3) is 0 Å². The molecule has 2 rings (SSSR count). The predicted molar refractivity (Wildman–Crippen MR) is 90.9 cm³/mol. The summed E-state index contributed by atoms with van der Waals surface area (Å²) in [5.41, 5.74) is 0.839. The summed E-state index contributed by atoms with van der Waals surface area (Å²) in [6.07, 6.45) is 0.729. The first kappa shape index (κ1) is 24.5. The van der Waals surface area contributed by atoms with Crippen molar-refractivity contribution in [1.29, 1.82) is 0 Å². The van der Waals surface area contributed by atoms with Gasteiger partial charge in [-0.2, -0.15) is 6.92 Å².